The molecule has 17 heavy (non-hydrogen) atoms. The first-order valence-electron chi connectivity index (χ1n) is 5.24. The molecule has 0 atom stereocenters. The lowest BCUT2D eigenvalue weighted by Gasteiger charge is -2.08. The minimum atomic E-state index is 0.429. The minimum Gasteiger partial charge on any atom is -0.494 e. The van der Waals surface area contributed by atoms with Crippen LogP contribution in [-0.2, 0) is 6.54 Å². The quantitative estimate of drug-likeness (QED) is 0.909. The first-order chi connectivity index (χ1) is 8.26. The van der Waals surface area contributed by atoms with Gasteiger partial charge in [-0.25, -0.2) is 0 Å². The van der Waals surface area contributed by atoms with Crippen LogP contribution in [0.2, 0.25) is 5.02 Å². The molecule has 0 aliphatic carbocycles. The Morgan fingerprint density at radius 2 is 2.18 bits per heavy atom. The normalized spacial score (nSPS) is 10.3. The highest BCUT2D eigenvalue weighted by Crippen LogP contribution is 2.30. The zero-order chi connectivity index (χ0) is 12.3. The number of methoxy groups -OCH3 is 1. The summed E-state index contributed by atoms with van der Waals surface area (Å²) in [6.45, 7) is 0.429. The summed E-state index contributed by atoms with van der Waals surface area (Å²) < 4.78 is 5.27. The van der Waals surface area contributed by atoms with Gasteiger partial charge in [-0.3, -0.25) is 4.98 Å². The fraction of sp³-hybridized carbons (Fsp3) is 0.154. The first kappa shape index (κ1) is 11.9. The maximum absolute atomic E-state index is 6.13. The van der Waals surface area contributed by atoms with Gasteiger partial charge in [0.05, 0.1) is 7.11 Å². The standard InChI is InChI=1S/C13H13ClN2O/c1-17-12-3-2-6-16-13(12)9-4-5-10(8-15)11(14)7-9/h2-7H,8,15H2,1H3. The van der Waals surface area contributed by atoms with Crippen molar-refractivity contribution in [3.63, 3.8) is 0 Å². The largest absolute Gasteiger partial charge is 0.494 e. The molecule has 1 aromatic heterocycles. The molecule has 2 N–H and O–H groups in total. The molecule has 0 amide bonds. The number of hydrogen-bond donors (Lipinski definition) is 1. The van der Waals surface area contributed by atoms with Crippen LogP contribution in [0.4, 0.5) is 0 Å². The number of halogens is 1. The molecule has 0 aliphatic rings. The highest BCUT2D eigenvalue weighted by Gasteiger charge is 2.08. The fourth-order valence-electron chi connectivity index (χ4n) is 1.63. The lowest BCUT2D eigenvalue weighted by molar-refractivity contribution is 0.415. The molecule has 1 aromatic carbocycles. The average molecular weight is 249 g/mol. The Morgan fingerprint density at radius 3 is 2.82 bits per heavy atom. The minimum absolute atomic E-state index is 0.429. The topological polar surface area (TPSA) is 48.1 Å². The van der Waals surface area contributed by atoms with E-state index in [4.69, 9.17) is 22.1 Å². The molecule has 0 fully saturated rings. The molecule has 4 heteroatoms. The predicted octanol–water partition coefficient (Wildman–Crippen LogP) is 2.87. The van der Waals surface area contributed by atoms with Gasteiger partial charge in [-0.15, -0.1) is 0 Å². The number of benzene rings is 1. The molecule has 1 heterocycles. The van der Waals surface area contributed by atoms with Crippen molar-refractivity contribution in [3.05, 3.63) is 47.1 Å². The Kier molecular flexibility index (Phi) is 3.61. The molecular weight excluding hydrogens is 236 g/mol. The number of nitrogens with zero attached hydrogens (tertiary/aromatic N) is 1. The number of nitrogens with two attached hydrogens (primary N) is 1. The van der Waals surface area contributed by atoms with Gasteiger partial charge >= 0.3 is 0 Å². The third-order valence-electron chi connectivity index (χ3n) is 2.54. The second-order valence-electron chi connectivity index (χ2n) is 3.56. The Morgan fingerprint density at radius 1 is 1.35 bits per heavy atom. The van der Waals surface area contributed by atoms with Crippen molar-refractivity contribution >= 4 is 11.6 Å². The number of hydrogen-bond acceptors (Lipinski definition) is 3. The molecule has 3 nitrogen and oxygen atoms in total. The number of ether oxygens (including phenoxy) is 1. The molecular formula is C13H13ClN2O. The van der Waals surface area contributed by atoms with Crippen molar-refractivity contribution < 1.29 is 4.74 Å². The van der Waals surface area contributed by atoms with Crippen LogP contribution in [0.3, 0.4) is 0 Å². The van der Waals surface area contributed by atoms with Gasteiger partial charge in [0.15, 0.2) is 0 Å². The van der Waals surface area contributed by atoms with E-state index >= 15 is 0 Å². The monoisotopic (exact) mass is 248 g/mol. The van der Waals surface area contributed by atoms with Crippen LogP contribution in [0, 0.1) is 0 Å². The van der Waals surface area contributed by atoms with Gasteiger partial charge in [0.1, 0.15) is 11.4 Å². The molecule has 2 aromatic rings. The van der Waals surface area contributed by atoms with Crippen molar-refractivity contribution in [1.82, 2.24) is 4.98 Å². The van der Waals surface area contributed by atoms with Crippen molar-refractivity contribution in [2.24, 2.45) is 5.73 Å². The smallest absolute Gasteiger partial charge is 0.145 e. The van der Waals surface area contributed by atoms with E-state index in [-0.39, 0.29) is 0 Å². The van der Waals surface area contributed by atoms with E-state index in [1.54, 1.807) is 13.3 Å². The molecule has 0 unspecified atom stereocenters. The second kappa shape index (κ2) is 5.17. The third kappa shape index (κ3) is 2.40. The van der Waals surface area contributed by atoms with Crippen LogP contribution in [0.1, 0.15) is 5.56 Å². The van der Waals surface area contributed by atoms with Gasteiger partial charge < -0.3 is 10.5 Å². The Hall–Kier alpha value is -1.58. The summed E-state index contributed by atoms with van der Waals surface area (Å²) in [6, 6.07) is 9.41. The van der Waals surface area contributed by atoms with E-state index in [0.717, 1.165) is 22.6 Å². The van der Waals surface area contributed by atoms with Crippen LogP contribution < -0.4 is 10.5 Å². The second-order valence-corrected chi connectivity index (χ2v) is 3.97. The van der Waals surface area contributed by atoms with Crippen molar-refractivity contribution in [3.8, 4) is 17.0 Å². The summed E-state index contributed by atoms with van der Waals surface area (Å²) in [4.78, 5) is 4.30. The summed E-state index contributed by atoms with van der Waals surface area (Å²) in [5.74, 6) is 0.726. The molecule has 0 radical (unpaired) electrons. The van der Waals surface area contributed by atoms with E-state index in [1.165, 1.54) is 0 Å². The summed E-state index contributed by atoms with van der Waals surface area (Å²) in [6.07, 6.45) is 1.72. The van der Waals surface area contributed by atoms with Crippen molar-refractivity contribution in [2.45, 2.75) is 6.54 Å². The molecule has 0 saturated heterocycles. The molecule has 0 spiro atoms. The van der Waals surface area contributed by atoms with Gasteiger partial charge in [0.25, 0.3) is 0 Å². The average Bonchev–Trinajstić information content (AvgIpc) is 2.38. The summed E-state index contributed by atoms with van der Waals surface area (Å²) >= 11 is 6.13. The van der Waals surface area contributed by atoms with Crippen LogP contribution >= 0.6 is 11.6 Å². The fourth-order valence-corrected chi connectivity index (χ4v) is 1.89. The van der Waals surface area contributed by atoms with Gasteiger partial charge in [-0.1, -0.05) is 23.7 Å². The maximum atomic E-state index is 6.13. The maximum Gasteiger partial charge on any atom is 0.145 e. The highest BCUT2D eigenvalue weighted by molar-refractivity contribution is 6.31. The summed E-state index contributed by atoms with van der Waals surface area (Å²) in [7, 11) is 1.62. The number of pyridine rings is 1. The summed E-state index contributed by atoms with van der Waals surface area (Å²) in [5.41, 5.74) is 8.19. The zero-order valence-electron chi connectivity index (χ0n) is 9.48. The highest BCUT2D eigenvalue weighted by atomic mass is 35.5. The predicted molar refractivity (Wildman–Crippen MR) is 69.1 cm³/mol. The molecule has 88 valence electrons. The van der Waals surface area contributed by atoms with Crippen LogP contribution in [0.5, 0.6) is 5.75 Å². The van der Waals surface area contributed by atoms with Crippen LogP contribution in [0.15, 0.2) is 36.5 Å². The van der Waals surface area contributed by atoms with Gasteiger partial charge in [0.2, 0.25) is 0 Å². The van der Waals surface area contributed by atoms with E-state index in [2.05, 4.69) is 4.98 Å². The van der Waals surface area contributed by atoms with E-state index < -0.39 is 0 Å². The third-order valence-corrected chi connectivity index (χ3v) is 2.89. The number of aromatic nitrogens is 1. The Labute approximate surface area is 105 Å². The molecule has 0 bridgehead atoms. The van der Waals surface area contributed by atoms with E-state index in [1.807, 2.05) is 30.3 Å². The SMILES string of the molecule is COc1cccnc1-c1ccc(CN)c(Cl)c1. The first-order valence-corrected chi connectivity index (χ1v) is 5.62. The molecule has 0 saturated carbocycles. The lowest BCUT2D eigenvalue weighted by atomic mass is 10.1. The van der Waals surface area contributed by atoms with Crippen LogP contribution in [0.25, 0.3) is 11.3 Å². The Balaban J connectivity index is 2.49. The summed E-state index contributed by atoms with van der Waals surface area (Å²) in [5, 5.41) is 0.651. The lowest BCUT2D eigenvalue weighted by Crippen LogP contribution is -1.97. The number of rotatable bonds is 3. The Bertz CT molecular complexity index is 529. The molecule has 2 rings (SSSR count). The van der Waals surface area contributed by atoms with Gasteiger partial charge in [-0.2, -0.15) is 0 Å². The van der Waals surface area contributed by atoms with Gasteiger partial charge in [-0.05, 0) is 23.8 Å². The van der Waals surface area contributed by atoms with E-state index in [9.17, 15) is 0 Å². The van der Waals surface area contributed by atoms with Crippen LogP contribution in [-0.4, -0.2) is 12.1 Å². The van der Waals surface area contributed by atoms with Gasteiger partial charge in [0, 0.05) is 23.3 Å². The van der Waals surface area contributed by atoms with Crippen molar-refractivity contribution in [2.75, 3.05) is 7.11 Å². The van der Waals surface area contributed by atoms with E-state index in [0.29, 0.717) is 11.6 Å². The zero-order valence-corrected chi connectivity index (χ0v) is 10.2. The van der Waals surface area contributed by atoms with Crippen molar-refractivity contribution in [1.29, 1.82) is 0 Å². The molecule has 0 aliphatic heterocycles.